The maximum atomic E-state index is 12.4. The predicted octanol–water partition coefficient (Wildman–Crippen LogP) is 4.20. The summed E-state index contributed by atoms with van der Waals surface area (Å²) in [6.45, 7) is -0.437. The van der Waals surface area contributed by atoms with Gasteiger partial charge in [-0.25, -0.2) is 0 Å². The second-order valence-corrected chi connectivity index (χ2v) is 10.5. The monoisotopic (exact) mass is 450 g/mol. The lowest BCUT2D eigenvalue weighted by Gasteiger charge is -2.60. The molecule has 0 radical (unpaired) electrons. The van der Waals surface area contributed by atoms with Crippen LogP contribution in [0.3, 0.4) is 0 Å². The van der Waals surface area contributed by atoms with Crippen LogP contribution in [-0.4, -0.2) is 27.7 Å². The molecule has 2 unspecified atom stereocenters. The summed E-state index contributed by atoms with van der Waals surface area (Å²) in [5, 5.41) is 13.5. The Morgan fingerprint density at radius 1 is 1.21 bits per heavy atom. The number of ether oxygens (including phenoxy) is 1. The van der Waals surface area contributed by atoms with Crippen molar-refractivity contribution in [2.24, 2.45) is 17.3 Å². The number of hydrogen-bond donors (Lipinski definition) is 1. The zero-order chi connectivity index (χ0) is 19.9. The third-order valence-electron chi connectivity index (χ3n) is 6.37. The topological polar surface area (TPSA) is 98.5 Å². The number of amides is 1. The van der Waals surface area contributed by atoms with Crippen LogP contribution in [0.4, 0.5) is 11.4 Å². The van der Waals surface area contributed by atoms with E-state index in [-0.39, 0.29) is 27.1 Å². The Morgan fingerprint density at radius 2 is 1.89 bits per heavy atom. The predicted molar refractivity (Wildman–Crippen MR) is 106 cm³/mol. The highest BCUT2D eigenvalue weighted by Crippen LogP contribution is 2.65. The van der Waals surface area contributed by atoms with Crippen LogP contribution >= 0.6 is 15.9 Å². The molecular weight excluding hydrogens is 428 g/mol. The minimum atomic E-state index is -0.579. The molecule has 0 aromatic heterocycles. The molecule has 4 aliphatic rings. The highest BCUT2D eigenvalue weighted by molar-refractivity contribution is 9.10. The van der Waals surface area contributed by atoms with Gasteiger partial charge in [-0.05, 0) is 61.8 Å². The van der Waals surface area contributed by atoms with Crippen LogP contribution in [0, 0.1) is 27.4 Å². The van der Waals surface area contributed by atoms with Crippen LogP contribution in [0.25, 0.3) is 0 Å². The molecule has 4 fully saturated rings. The number of nitro groups is 1. The van der Waals surface area contributed by atoms with Gasteiger partial charge >= 0.3 is 5.97 Å². The maximum Gasteiger partial charge on any atom is 0.306 e. The summed E-state index contributed by atoms with van der Waals surface area (Å²) in [5.41, 5.74) is -0.117. The molecule has 0 spiro atoms. The molecule has 150 valence electrons. The lowest BCUT2D eigenvalue weighted by molar-refractivity contribution is -0.383. The van der Waals surface area contributed by atoms with Gasteiger partial charge in [0.1, 0.15) is 5.69 Å². The van der Waals surface area contributed by atoms with Crippen LogP contribution in [0.5, 0.6) is 0 Å². The molecule has 4 atom stereocenters. The Balaban J connectivity index is 1.32. The van der Waals surface area contributed by atoms with E-state index in [0.717, 1.165) is 19.3 Å². The lowest BCUT2D eigenvalue weighted by Crippen LogP contribution is -2.53. The van der Waals surface area contributed by atoms with Crippen molar-refractivity contribution in [2.45, 2.75) is 49.3 Å². The van der Waals surface area contributed by atoms with Gasteiger partial charge in [0.15, 0.2) is 6.61 Å². The minimum Gasteiger partial charge on any atom is -0.456 e. The van der Waals surface area contributed by atoms with E-state index in [9.17, 15) is 19.7 Å². The maximum absolute atomic E-state index is 12.4. The Bertz CT molecular complexity index is 813. The second-order valence-electron chi connectivity index (χ2n) is 8.77. The summed E-state index contributed by atoms with van der Waals surface area (Å²) < 4.78 is 5.38. The molecule has 0 saturated heterocycles. The number of benzene rings is 1. The van der Waals surface area contributed by atoms with Crippen molar-refractivity contribution < 1.29 is 19.2 Å². The number of nitrogens with one attached hydrogen (secondary N) is 1. The van der Waals surface area contributed by atoms with Gasteiger partial charge in [0.05, 0.1) is 11.3 Å². The number of carbonyl (C=O) groups is 2. The van der Waals surface area contributed by atoms with Crippen LogP contribution in [0.15, 0.2) is 24.3 Å². The van der Waals surface area contributed by atoms with E-state index in [4.69, 9.17) is 4.74 Å². The van der Waals surface area contributed by atoms with Gasteiger partial charge in [-0.15, -0.1) is 0 Å². The largest absolute Gasteiger partial charge is 0.456 e. The number of hydrogen-bond acceptors (Lipinski definition) is 5. The number of carbonyl (C=O) groups excluding carboxylic acids is 2. The van der Waals surface area contributed by atoms with Crippen molar-refractivity contribution in [3.05, 3.63) is 34.4 Å². The fourth-order valence-corrected chi connectivity index (χ4v) is 7.48. The van der Waals surface area contributed by atoms with Crippen LogP contribution in [-0.2, 0) is 14.3 Å². The van der Waals surface area contributed by atoms with Gasteiger partial charge < -0.3 is 10.1 Å². The van der Waals surface area contributed by atoms with E-state index in [1.54, 1.807) is 6.07 Å². The number of halogens is 1. The molecular formula is C20H23BrN2O5. The van der Waals surface area contributed by atoms with Crippen molar-refractivity contribution in [3.8, 4) is 0 Å². The van der Waals surface area contributed by atoms with Gasteiger partial charge in [-0.2, -0.15) is 0 Å². The molecule has 1 N–H and O–H groups in total. The summed E-state index contributed by atoms with van der Waals surface area (Å²) in [4.78, 5) is 35.0. The Hall–Kier alpha value is -1.96. The van der Waals surface area contributed by atoms with E-state index < -0.39 is 17.4 Å². The molecule has 0 heterocycles. The first-order valence-corrected chi connectivity index (χ1v) is 10.4. The average Bonchev–Trinajstić information content (AvgIpc) is 2.57. The SMILES string of the molecule is O=C(COC(=O)CC12C[C@@H]3C[C@@H](CC(Br)(C3)C1)C2)Nc1ccccc1[N+](=O)[O-]. The van der Waals surface area contributed by atoms with E-state index >= 15 is 0 Å². The molecule has 4 bridgehead atoms. The van der Waals surface area contributed by atoms with Crippen molar-refractivity contribution in [1.29, 1.82) is 0 Å². The number of alkyl halides is 1. The summed E-state index contributed by atoms with van der Waals surface area (Å²) >= 11 is 3.93. The Morgan fingerprint density at radius 3 is 2.54 bits per heavy atom. The molecule has 7 nitrogen and oxygen atoms in total. The van der Waals surface area contributed by atoms with E-state index in [2.05, 4.69) is 21.2 Å². The highest BCUT2D eigenvalue weighted by Gasteiger charge is 2.57. The summed E-state index contributed by atoms with van der Waals surface area (Å²) in [7, 11) is 0. The third-order valence-corrected chi connectivity index (χ3v) is 7.30. The number of nitrogens with zero attached hydrogens (tertiary/aromatic N) is 1. The first kappa shape index (κ1) is 19.4. The Kier molecular flexibility index (Phi) is 4.93. The number of anilines is 1. The van der Waals surface area contributed by atoms with E-state index in [1.807, 2.05) is 0 Å². The highest BCUT2D eigenvalue weighted by atomic mass is 79.9. The smallest absolute Gasteiger partial charge is 0.306 e. The number of esters is 1. The van der Waals surface area contributed by atoms with Gasteiger partial charge in [0, 0.05) is 10.4 Å². The van der Waals surface area contributed by atoms with Crippen molar-refractivity contribution in [2.75, 3.05) is 11.9 Å². The molecule has 4 saturated carbocycles. The second kappa shape index (κ2) is 7.13. The zero-order valence-corrected chi connectivity index (χ0v) is 17.1. The van der Waals surface area contributed by atoms with Crippen molar-refractivity contribution in [3.63, 3.8) is 0 Å². The van der Waals surface area contributed by atoms with Crippen molar-refractivity contribution in [1.82, 2.24) is 0 Å². The first-order valence-electron chi connectivity index (χ1n) is 9.64. The summed E-state index contributed by atoms with van der Waals surface area (Å²) in [6.07, 6.45) is 7.11. The molecule has 28 heavy (non-hydrogen) atoms. The van der Waals surface area contributed by atoms with Crippen LogP contribution < -0.4 is 5.32 Å². The Labute approximate surface area is 171 Å². The molecule has 0 aliphatic heterocycles. The molecule has 4 aliphatic carbocycles. The zero-order valence-electron chi connectivity index (χ0n) is 15.5. The van der Waals surface area contributed by atoms with Gasteiger partial charge in [-0.1, -0.05) is 28.1 Å². The lowest BCUT2D eigenvalue weighted by atomic mass is 9.49. The van der Waals surface area contributed by atoms with E-state index in [0.29, 0.717) is 18.3 Å². The van der Waals surface area contributed by atoms with E-state index in [1.165, 1.54) is 37.5 Å². The van der Waals surface area contributed by atoms with Gasteiger partial charge in [-0.3, -0.25) is 19.7 Å². The fraction of sp³-hybridized carbons (Fsp3) is 0.600. The molecule has 8 heteroatoms. The summed E-state index contributed by atoms with van der Waals surface area (Å²) in [5.74, 6) is 0.409. The third kappa shape index (κ3) is 3.92. The van der Waals surface area contributed by atoms with Gasteiger partial charge in [0.25, 0.3) is 11.6 Å². The molecule has 5 rings (SSSR count). The fourth-order valence-electron chi connectivity index (χ4n) is 5.97. The van der Waals surface area contributed by atoms with Crippen molar-refractivity contribution >= 4 is 39.2 Å². The standard InChI is InChI=1S/C20H23BrN2O5/c21-20-8-13-5-14(9-20)7-19(6-13,12-20)10-18(25)28-11-17(24)22-15-3-1-2-4-16(15)23(26)27/h1-4,13-14H,5-12H2,(H,22,24)/t13-,14+,19?,20?. The number of nitro benzene ring substituents is 1. The number of para-hydroxylation sites is 2. The first-order chi connectivity index (χ1) is 13.3. The molecule has 1 amide bonds. The number of rotatable bonds is 6. The normalized spacial score (nSPS) is 32.8. The van der Waals surface area contributed by atoms with Crippen LogP contribution in [0.1, 0.15) is 44.9 Å². The molecule has 1 aromatic rings. The average molecular weight is 451 g/mol. The summed E-state index contributed by atoms with van der Waals surface area (Å²) in [6, 6.07) is 5.88. The minimum absolute atomic E-state index is 0.0145. The van der Waals surface area contributed by atoms with Gasteiger partial charge in [0.2, 0.25) is 0 Å². The van der Waals surface area contributed by atoms with Crippen LogP contribution in [0.2, 0.25) is 0 Å². The molecule has 1 aromatic carbocycles. The quantitative estimate of drug-likeness (QED) is 0.303.